The lowest BCUT2D eigenvalue weighted by atomic mass is 10.0. The molecule has 0 aliphatic heterocycles. The number of hydrogen-bond acceptors (Lipinski definition) is 7. The summed E-state index contributed by atoms with van der Waals surface area (Å²) in [7, 11) is 4.26. The van der Waals surface area contributed by atoms with Crippen molar-refractivity contribution in [1.82, 2.24) is 4.90 Å². The van der Waals surface area contributed by atoms with Crippen LogP contribution in [0.3, 0.4) is 0 Å². The second kappa shape index (κ2) is 38.0. The minimum Gasteiger partial charge on any atom is -0.465 e. The Hall–Kier alpha value is -0.790. The number of unbranched alkanes of at least 4 members (excludes halogenated alkanes) is 17. The zero-order valence-corrected chi connectivity index (χ0v) is 35.1. The number of thioether (sulfide) groups is 1. The van der Waals surface area contributed by atoms with Crippen LogP contribution < -0.4 is 0 Å². The minimum absolute atomic E-state index is 0.0198. The molecule has 0 saturated heterocycles. The summed E-state index contributed by atoms with van der Waals surface area (Å²) in [6.45, 7) is 9.82. The molecule has 0 spiro atoms. The Balaban J connectivity index is 4.08. The lowest BCUT2D eigenvalue weighted by Crippen LogP contribution is -2.16. The summed E-state index contributed by atoms with van der Waals surface area (Å²) in [5, 5.41) is 0.438. The molecule has 0 bridgehead atoms. The Morgan fingerprint density at radius 1 is 0.560 bits per heavy atom. The highest BCUT2D eigenvalue weighted by molar-refractivity contribution is 7.99. The number of hydrogen-bond donors (Lipinski definition) is 0. The van der Waals surface area contributed by atoms with Gasteiger partial charge in [0.2, 0.25) is 0 Å². The Bertz CT molecular complexity index is 736. The van der Waals surface area contributed by atoms with E-state index in [9.17, 15) is 9.59 Å². The van der Waals surface area contributed by atoms with Crippen LogP contribution in [0.1, 0.15) is 201 Å². The summed E-state index contributed by atoms with van der Waals surface area (Å²) in [4.78, 5) is 26.7. The van der Waals surface area contributed by atoms with E-state index in [1.807, 2.05) is 11.8 Å². The summed E-state index contributed by atoms with van der Waals surface area (Å²) in [5.74, 6) is 0.427. The molecular formula is C43H85NO5S. The number of rotatable bonds is 39. The van der Waals surface area contributed by atoms with Crippen LogP contribution in [0.15, 0.2) is 0 Å². The average molecular weight is 728 g/mol. The van der Waals surface area contributed by atoms with E-state index in [4.69, 9.17) is 14.2 Å². The van der Waals surface area contributed by atoms with Gasteiger partial charge in [0.1, 0.15) is 6.61 Å². The van der Waals surface area contributed by atoms with Crippen molar-refractivity contribution in [2.45, 2.75) is 212 Å². The molecule has 0 fully saturated rings. The van der Waals surface area contributed by atoms with Gasteiger partial charge in [0, 0.05) is 24.7 Å². The molecule has 298 valence electrons. The molecule has 0 aromatic rings. The largest absolute Gasteiger partial charge is 0.465 e. The zero-order valence-electron chi connectivity index (χ0n) is 34.3. The summed E-state index contributed by atoms with van der Waals surface area (Å²) < 4.78 is 17.5. The number of ether oxygens (including phenoxy) is 3. The highest BCUT2D eigenvalue weighted by Crippen LogP contribution is 2.19. The second-order valence-corrected chi connectivity index (χ2v) is 16.5. The van der Waals surface area contributed by atoms with E-state index < -0.39 is 0 Å². The summed E-state index contributed by atoms with van der Waals surface area (Å²) in [6, 6.07) is 0. The van der Waals surface area contributed by atoms with Crippen LogP contribution in [0.4, 0.5) is 0 Å². The van der Waals surface area contributed by atoms with Gasteiger partial charge in [-0.25, -0.2) is 0 Å². The molecule has 3 atom stereocenters. The highest BCUT2D eigenvalue weighted by atomic mass is 32.2. The van der Waals surface area contributed by atoms with Crippen molar-refractivity contribution in [2.24, 2.45) is 5.92 Å². The van der Waals surface area contributed by atoms with Crippen LogP contribution in [0.25, 0.3) is 0 Å². The smallest absolute Gasteiger partial charge is 0.305 e. The van der Waals surface area contributed by atoms with Crippen molar-refractivity contribution < 1.29 is 23.8 Å². The molecule has 0 amide bonds. The molecular weight excluding hydrogens is 643 g/mol. The minimum atomic E-state index is -0.0221. The third-order valence-corrected chi connectivity index (χ3v) is 10.9. The predicted octanol–water partition coefficient (Wildman–Crippen LogP) is 12.3. The summed E-state index contributed by atoms with van der Waals surface area (Å²) in [6.07, 6.45) is 34.6. The fourth-order valence-corrected chi connectivity index (χ4v) is 7.03. The maximum absolute atomic E-state index is 12.3. The first-order valence-electron chi connectivity index (χ1n) is 21.4. The number of carbonyl (C=O) groups is 2. The van der Waals surface area contributed by atoms with Gasteiger partial charge in [0.15, 0.2) is 0 Å². The Morgan fingerprint density at radius 3 is 1.54 bits per heavy atom. The van der Waals surface area contributed by atoms with Gasteiger partial charge >= 0.3 is 11.9 Å². The maximum Gasteiger partial charge on any atom is 0.305 e. The van der Waals surface area contributed by atoms with Gasteiger partial charge in [-0.15, -0.1) is 0 Å². The van der Waals surface area contributed by atoms with Crippen LogP contribution in [0.2, 0.25) is 0 Å². The maximum atomic E-state index is 12.3. The molecule has 0 aliphatic carbocycles. The molecule has 0 N–H and O–H groups in total. The van der Waals surface area contributed by atoms with E-state index >= 15 is 0 Å². The third-order valence-electron chi connectivity index (χ3n) is 9.89. The third kappa shape index (κ3) is 35.6. The highest BCUT2D eigenvalue weighted by Gasteiger charge is 2.12. The quantitative estimate of drug-likeness (QED) is 0.0461. The molecule has 7 heteroatoms. The fourth-order valence-electron chi connectivity index (χ4n) is 6.42. The molecule has 0 rings (SSSR count). The first-order valence-corrected chi connectivity index (χ1v) is 22.7. The number of nitrogens with zero attached hydrogens (tertiary/aromatic N) is 1. The van der Waals surface area contributed by atoms with Crippen molar-refractivity contribution in [3.05, 3.63) is 0 Å². The molecule has 0 aliphatic rings. The molecule has 50 heavy (non-hydrogen) atoms. The van der Waals surface area contributed by atoms with Crippen LogP contribution >= 0.6 is 11.8 Å². The topological polar surface area (TPSA) is 65.1 Å². The summed E-state index contributed by atoms with van der Waals surface area (Å²) in [5.41, 5.74) is 0. The van der Waals surface area contributed by atoms with Crippen LogP contribution in [-0.2, 0) is 23.8 Å². The van der Waals surface area contributed by atoms with Crippen molar-refractivity contribution in [2.75, 3.05) is 46.7 Å². The van der Waals surface area contributed by atoms with E-state index in [0.717, 1.165) is 70.9 Å². The standard InChI is InChI=1S/C43H85NO5S/c1-7-9-11-15-21-29-39(3)37-48-42(45)33-25-19-13-17-22-30-40(47-36-28-27-35-44(4)5)31-23-18-14-20-26-34-43(46)49-38-41(50-6)32-24-16-12-10-8-2/h39-41H,7-38H2,1-6H3. The van der Waals surface area contributed by atoms with Gasteiger partial charge in [0.05, 0.1) is 12.7 Å². The zero-order chi connectivity index (χ0) is 36.9. The van der Waals surface area contributed by atoms with Crippen molar-refractivity contribution in [1.29, 1.82) is 0 Å². The molecule has 0 radical (unpaired) electrons. The van der Waals surface area contributed by atoms with Crippen LogP contribution in [-0.4, -0.2) is 74.9 Å². The van der Waals surface area contributed by atoms with Gasteiger partial charge in [-0.05, 0) is 84.2 Å². The fraction of sp³-hybridized carbons (Fsp3) is 0.953. The number of carbonyl (C=O) groups excluding carboxylic acids is 2. The Kier molecular flexibility index (Phi) is 37.4. The first-order chi connectivity index (χ1) is 24.3. The lowest BCUT2D eigenvalue weighted by Gasteiger charge is -2.18. The summed E-state index contributed by atoms with van der Waals surface area (Å²) >= 11 is 1.83. The molecule has 0 saturated carbocycles. The first kappa shape index (κ1) is 49.2. The van der Waals surface area contributed by atoms with E-state index in [2.05, 4.69) is 46.0 Å². The molecule has 3 unspecified atom stereocenters. The van der Waals surface area contributed by atoms with Gasteiger partial charge in [-0.1, -0.05) is 136 Å². The molecule has 6 nitrogen and oxygen atoms in total. The monoisotopic (exact) mass is 728 g/mol. The van der Waals surface area contributed by atoms with E-state index in [-0.39, 0.29) is 11.9 Å². The molecule has 0 aromatic carbocycles. The molecule has 0 heterocycles. The average Bonchev–Trinajstić information content (AvgIpc) is 3.10. The van der Waals surface area contributed by atoms with Crippen molar-refractivity contribution in [3.8, 4) is 0 Å². The lowest BCUT2D eigenvalue weighted by molar-refractivity contribution is -0.145. The number of esters is 2. The van der Waals surface area contributed by atoms with Crippen LogP contribution in [0.5, 0.6) is 0 Å². The Labute approximate surface area is 316 Å². The normalized spacial score (nSPS) is 13.4. The van der Waals surface area contributed by atoms with Crippen molar-refractivity contribution in [3.63, 3.8) is 0 Å². The molecule has 0 aromatic heterocycles. The van der Waals surface area contributed by atoms with E-state index in [1.165, 1.54) is 109 Å². The van der Waals surface area contributed by atoms with Gasteiger partial charge in [0.25, 0.3) is 0 Å². The SMILES string of the molecule is CCCCCCCC(C)COC(=O)CCCCCCCC(CCCCCCCC(=O)OCC(CCCCCCC)SC)OCCCCN(C)C. The van der Waals surface area contributed by atoms with Gasteiger partial charge in [-0.2, -0.15) is 11.8 Å². The van der Waals surface area contributed by atoms with Gasteiger partial charge < -0.3 is 19.1 Å². The van der Waals surface area contributed by atoms with Crippen LogP contribution in [0, 0.1) is 5.92 Å². The Morgan fingerprint density at radius 2 is 1.02 bits per heavy atom. The van der Waals surface area contributed by atoms with Crippen molar-refractivity contribution >= 4 is 23.7 Å². The second-order valence-electron chi connectivity index (χ2n) is 15.4. The van der Waals surface area contributed by atoms with E-state index in [0.29, 0.717) is 43.3 Å². The predicted molar refractivity (Wildman–Crippen MR) is 217 cm³/mol. The van der Waals surface area contributed by atoms with Gasteiger partial charge in [-0.3, -0.25) is 9.59 Å². The van der Waals surface area contributed by atoms with E-state index in [1.54, 1.807) is 0 Å².